The first-order valence-electron chi connectivity index (χ1n) is 15.6. The van der Waals surface area contributed by atoms with Crippen molar-refractivity contribution in [1.29, 1.82) is 5.26 Å². The van der Waals surface area contributed by atoms with Gasteiger partial charge in [0.05, 0.1) is 42.0 Å². The number of alkyl halides is 2. The number of halogens is 4. The highest BCUT2D eigenvalue weighted by Gasteiger charge is 2.71. The molecule has 0 bridgehead atoms. The topological polar surface area (TPSA) is 122 Å². The van der Waals surface area contributed by atoms with E-state index in [1.165, 1.54) is 6.20 Å². The minimum absolute atomic E-state index is 0.00448. The molecule has 5 heterocycles. The number of aromatic nitrogens is 3. The van der Waals surface area contributed by atoms with E-state index in [0.717, 1.165) is 30.4 Å². The zero-order valence-electron chi connectivity index (χ0n) is 26.3. The number of thiophene rings is 1. The summed E-state index contributed by atoms with van der Waals surface area (Å²) in [6, 6.07) is 1.98. The second-order valence-corrected chi connectivity index (χ2v) is 15.1. The highest BCUT2D eigenvalue weighted by molar-refractivity contribution is 7.23. The summed E-state index contributed by atoms with van der Waals surface area (Å²) in [5.41, 5.74) is -0.0336. The number of hydrogen-bond acceptors (Lipinski definition) is 10. The van der Waals surface area contributed by atoms with Gasteiger partial charge in [-0.3, -0.25) is 10.3 Å². The summed E-state index contributed by atoms with van der Waals surface area (Å²) in [6.45, 7) is 6.90. The lowest BCUT2D eigenvalue weighted by molar-refractivity contribution is 0.0460. The lowest BCUT2D eigenvalue weighted by Gasteiger charge is -2.25. The van der Waals surface area contributed by atoms with Crippen LogP contribution in [-0.4, -0.2) is 63.7 Å². The fraction of sp³-hybridized carbons (Fsp3) is 0.485. The molecule has 1 amide bonds. The smallest absolute Gasteiger partial charge is 0.412 e. The van der Waals surface area contributed by atoms with Crippen molar-refractivity contribution >= 4 is 43.4 Å². The van der Waals surface area contributed by atoms with Gasteiger partial charge < -0.3 is 19.1 Å². The van der Waals surface area contributed by atoms with Gasteiger partial charge in [0.2, 0.25) is 0 Å². The van der Waals surface area contributed by atoms with E-state index in [4.69, 9.17) is 14.2 Å². The van der Waals surface area contributed by atoms with Crippen molar-refractivity contribution in [3.8, 4) is 23.3 Å². The maximum atomic E-state index is 16.7. The molecule has 2 aliphatic carbocycles. The molecule has 1 aromatic carbocycles. The van der Waals surface area contributed by atoms with Crippen LogP contribution >= 0.6 is 11.3 Å². The van der Waals surface area contributed by atoms with E-state index in [1.54, 1.807) is 20.8 Å². The van der Waals surface area contributed by atoms with E-state index in [9.17, 15) is 18.8 Å². The Morgan fingerprint density at radius 3 is 2.58 bits per heavy atom. The third-order valence-corrected chi connectivity index (χ3v) is 10.7. The number of benzene rings is 1. The first-order valence-corrected chi connectivity index (χ1v) is 16.4. The summed E-state index contributed by atoms with van der Waals surface area (Å²) in [5, 5.41) is 13.2. The minimum Gasteiger partial charge on any atom is -0.463 e. The monoisotopic (exact) mass is 682 g/mol. The van der Waals surface area contributed by atoms with Gasteiger partial charge in [-0.25, -0.2) is 27.3 Å². The third-order valence-electron chi connectivity index (χ3n) is 9.61. The number of anilines is 1. The molecule has 1 saturated heterocycles. The summed E-state index contributed by atoms with van der Waals surface area (Å²) in [4.78, 5) is 27.7. The number of ether oxygens (including phenoxy) is 3. The molecule has 10 nitrogen and oxygen atoms in total. The molecule has 8 rings (SSSR count). The lowest BCUT2D eigenvalue weighted by Crippen LogP contribution is -2.35. The minimum atomic E-state index is -2.54. The summed E-state index contributed by atoms with van der Waals surface area (Å²) in [6.07, 6.45) is 3.36. The van der Waals surface area contributed by atoms with Gasteiger partial charge in [-0.2, -0.15) is 10.2 Å². The molecule has 48 heavy (non-hydrogen) atoms. The molecule has 4 aromatic rings. The number of fused-ring (bicyclic) bond motifs is 5. The number of amides is 1. The van der Waals surface area contributed by atoms with Gasteiger partial charge in [0.15, 0.2) is 11.6 Å². The number of rotatable bonds is 7. The van der Waals surface area contributed by atoms with Crippen LogP contribution in [0.5, 0.6) is 6.01 Å². The van der Waals surface area contributed by atoms with Crippen molar-refractivity contribution in [2.45, 2.75) is 58.4 Å². The van der Waals surface area contributed by atoms with Crippen molar-refractivity contribution in [1.82, 2.24) is 19.9 Å². The zero-order valence-corrected chi connectivity index (χ0v) is 27.1. The van der Waals surface area contributed by atoms with E-state index < -0.39 is 41.1 Å². The Hall–Kier alpha value is -4.13. The van der Waals surface area contributed by atoms with Crippen LogP contribution in [0.25, 0.3) is 32.2 Å². The molecule has 2 saturated carbocycles. The summed E-state index contributed by atoms with van der Waals surface area (Å²) < 4.78 is 76.3. The average Bonchev–Trinajstić information content (AvgIpc) is 3.53. The van der Waals surface area contributed by atoms with Gasteiger partial charge in [0.25, 0.3) is 5.92 Å². The Bertz CT molecular complexity index is 2060. The van der Waals surface area contributed by atoms with Crippen LogP contribution in [0.3, 0.4) is 0 Å². The van der Waals surface area contributed by atoms with E-state index >= 15 is 8.78 Å². The molecule has 2 unspecified atom stereocenters. The third kappa shape index (κ3) is 5.12. The van der Waals surface area contributed by atoms with Gasteiger partial charge in [-0.05, 0) is 44.7 Å². The van der Waals surface area contributed by atoms with Crippen LogP contribution in [-0.2, 0) is 22.7 Å². The van der Waals surface area contributed by atoms with Crippen LogP contribution in [0.1, 0.15) is 50.3 Å². The maximum absolute atomic E-state index is 16.7. The molecular weight excluding hydrogens is 652 g/mol. The quantitative estimate of drug-likeness (QED) is 0.210. The van der Waals surface area contributed by atoms with Crippen LogP contribution in [0.2, 0.25) is 0 Å². The number of pyridine rings is 1. The second-order valence-electron chi connectivity index (χ2n) is 14.1. The zero-order chi connectivity index (χ0) is 33.7. The molecule has 15 heteroatoms. The first kappa shape index (κ1) is 31.2. The van der Waals surface area contributed by atoms with Gasteiger partial charge >= 0.3 is 12.1 Å². The Morgan fingerprint density at radius 1 is 1.17 bits per heavy atom. The molecular formula is C33H30F4N6O4S. The van der Waals surface area contributed by atoms with Crippen LogP contribution in [0.4, 0.5) is 27.4 Å². The van der Waals surface area contributed by atoms with Crippen LogP contribution < -0.4 is 10.1 Å². The predicted octanol–water partition coefficient (Wildman–Crippen LogP) is 6.79. The molecule has 4 aliphatic rings. The normalized spacial score (nSPS) is 22.0. The molecule has 3 aromatic heterocycles. The molecule has 1 N–H and O–H groups in total. The summed E-state index contributed by atoms with van der Waals surface area (Å²) in [7, 11) is 0. The highest BCUT2D eigenvalue weighted by Crippen LogP contribution is 2.60. The summed E-state index contributed by atoms with van der Waals surface area (Å²) in [5.74, 6) is -5.15. The molecule has 250 valence electrons. The second kappa shape index (κ2) is 10.7. The van der Waals surface area contributed by atoms with Crippen molar-refractivity contribution in [3.05, 3.63) is 40.7 Å². The Morgan fingerprint density at radius 2 is 1.90 bits per heavy atom. The molecule has 2 aliphatic heterocycles. The summed E-state index contributed by atoms with van der Waals surface area (Å²) >= 11 is 0.822. The highest BCUT2D eigenvalue weighted by atomic mass is 32.1. The van der Waals surface area contributed by atoms with Crippen LogP contribution in [0, 0.1) is 40.2 Å². The lowest BCUT2D eigenvalue weighted by atomic mass is 9.94. The average molecular weight is 683 g/mol. The predicted molar refractivity (Wildman–Crippen MR) is 167 cm³/mol. The van der Waals surface area contributed by atoms with E-state index in [2.05, 4.69) is 25.2 Å². The number of likely N-dealkylation sites (tertiary alicyclic amines) is 1. The van der Waals surface area contributed by atoms with Crippen LogP contribution in [0.15, 0.2) is 12.4 Å². The maximum Gasteiger partial charge on any atom is 0.412 e. The number of piperidine rings is 1. The number of nitriles is 1. The van der Waals surface area contributed by atoms with Crippen molar-refractivity contribution in [3.63, 3.8) is 0 Å². The van der Waals surface area contributed by atoms with Gasteiger partial charge in [-0.15, -0.1) is 11.3 Å². The Kier molecular flexibility index (Phi) is 6.94. The molecule has 2 atom stereocenters. The fourth-order valence-corrected chi connectivity index (χ4v) is 8.04. The number of nitrogens with one attached hydrogen (secondary N) is 1. The van der Waals surface area contributed by atoms with Gasteiger partial charge in [-0.1, -0.05) is 0 Å². The van der Waals surface area contributed by atoms with Gasteiger partial charge in [0.1, 0.15) is 22.2 Å². The van der Waals surface area contributed by atoms with Crippen molar-refractivity contribution in [2.75, 3.05) is 31.6 Å². The first-order chi connectivity index (χ1) is 22.8. The Labute approximate surface area is 276 Å². The fourth-order valence-electron chi connectivity index (χ4n) is 7.00. The van der Waals surface area contributed by atoms with E-state index in [0.29, 0.717) is 36.1 Å². The molecule has 0 radical (unpaired) electrons. The molecule has 3 fully saturated rings. The largest absolute Gasteiger partial charge is 0.463 e. The standard InChI is InChI=1S/C33H30F4N6O4S/c1-31(2,3)47-30(44)42-28-15(6-38)23-26(39-8-21(34)27(23)48-28)22-18-12-45-11-17(18)16-7-40-29(41-25(16)24(22)35)46-14-32(4-5-32)13-43-9-19-20(10-43)33(19,36)37/h7-8,19-20H,4-5,9-14H2,1-3H3,(H,42,44). The van der Waals surface area contributed by atoms with Crippen molar-refractivity contribution < 1.29 is 36.6 Å². The number of nitrogens with zero attached hydrogens (tertiary/aromatic N) is 5. The van der Waals surface area contributed by atoms with E-state index in [-0.39, 0.29) is 68.7 Å². The number of hydrogen-bond donors (Lipinski definition) is 1. The SMILES string of the molecule is CC(C)(C)OC(=O)Nc1sc2c(F)cnc(-c3c4c(c5cnc(OCC6(CN7CC8C(C7)C8(F)F)CC6)nc5c3F)COC4)c2c1C#N. The van der Waals surface area contributed by atoms with Crippen molar-refractivity contribution in [2.24, 2.45) is 17.3 Å². The Balaban J connectivity index is 1.14. The van der Waals surface area contributed by atoms with Gasteiger partial charge in [0, 0.05) is 59.4 Å². The number of carbonyl (C=O) groups is 1. The number of carbonyl (C=O) groups excluding carboxylic acids is 1. The van der Waals surface area contributed by atoms with E-state index in [1.807, 2.05) is 6.07 Å². The molecule has 0 spiro atoms.